The van der Waals surface area contributed by atoms with Crippen LogP contribution in [-0.4, -0.2) is 50.8 Å². The van der Waals surface area contributed by atoms with Gasteiger partial charge in [0.2, 0.25) is 5.65 Å². The number of rotatable bonds is 8. The summed E-state index contributed by atoms with van der Waals surface area (Å²) >= 11 is 0. The predicted molar refractivity (Wildman–Crippen MR) is 117 cm³/mol. The second-order valence-electron chi connectivity index (χ2n) is 8.39. The molecule has 0 bridgehead atoms. The van der Waals surface area contributed by atoms with Crippen LogP contribution in [-0.2, 0) is 14.3 Å². The summed E-state index contributed by atoms with van der Waals surface area (Å²) in [5.74, 6) is 0.748. The van der Waals surface area contributed by atoms with Crippen LogP contribution in [0.15, 0.2) is 18.2 Å². The van der Waals surface area contributed by atoms with E-state index in [1.807, 2.05) is 38.2 Å². The Bertz CT molecular complexity index is 1100. The average Bonchev–Trinajstić information content (AvgIpc) is 3.10. The molecule has 9 heteroatoms. The normalized spacial score (nSPS) is 11.6. The van der Waals surface area contributed by atoms with E-state index in [0.29, 0.717) is 35.5 Å². The zero-order valence-electron chi connectivity index (χ0n) is 18.7. The van der Waals surface area contributed by atoms with Crippen molar-refractivity contribution in [2.24, 2.45) is 0 Å². The molecule has 3 rings (SSSR count). The number of aromatic nitrogens is 4. The van der Waals surface area contributed by atoms with Gasteiger partial charge in [0, 0.05) is 13.0 Å². The number of esters is 2. The topological polar surface area (TPSA) is 108 Å². The Balaban J connectivity index is 1.67. The molecule has 166 valence electrons. The van der Waals surface area contributed by atoms with Crippen LogP contribution < -0.4 is 5.32 Å². The first-order valence-corrected chi connectivity index (χ1v) is 10.4. The lowest BCUT2D eigenvalue weighted by Gasteiger charge is -2.19. The SMILES string of the molecule is COC(=O)c1ccc2c(c1)nc(NCCCCCC(=O)OC(C)(C)C)c1nnc(C)n12. The summed E-state index contributed by atoms with van der Waals surface area (Å²) in [6, 6.07) is 5.22. The molecule has 0 spiro atoms. The van der Waals surface area contributed by atoms with Crippen LogP contribution in [0.2, 0.25) is 0 Å². The van der Waals surface area contributed by atoms with Crippen molar-refractivity contribution in [2.45, 2.75) is 59.0 Å². The first kappa shape index (κ1) is 22.5. The number of unbranched alkanes of at least 4 members (excludes halogenated alkanes) is 2. The zero-order chi connectivity index (χ0) is 22.6. The van der Waals surface area contributed by atoms with E-state index >= 15 is 0 Å². The molecule has 1 N–H and O–H groups in total. The monoisotopic (exact) mass is 427 g/mol. The molecule has 0 fully saturated rings. The third-order valence-corrected chi connectivity index (χ3v) is 4.68. The lowest BCUT2D eigenvalue weighted by atomic mass is 10.1. The predicted octanol–water partition coefficient (Wildman–Crippen LogP) is 3.69. The molecule has 0 aliphatic carbocycles. The second kappa shape index (κ2) is 9.28. The smallest absolute Gasteiger partial charge is 0.337 e. The number of aryl methyl sites for hydroxylation is 1. The summed E-state index contributed by atoms with van der Waals surface area (Å²) in [5.41, 5.74) is 2.07. The maximum Gasteiger partial charge on any atom is 0.337 e. The maximum absolute atomic E-state index is 11.9. The van der Waals surface area contributed by atoms with Crippen LogP contribution in [0.1, 0.15) is 62.6 Å². The molecule has 0 saturated heterocycles. The molecule has 0 saturated carbocycles. The fourth-order valence-corrected chi connectivity index (χ4v) is 3.31. The number of nitrogens with zero attached hydrogens (tertiary/aromatic N) is 4. The van der Waals surface area contributed by atoms with E-state index < -0.39 is 11.6 Å². The molecule has 0 aliphatic rings. The number of ether oxygens (including phenoxy) is 2. The number of fused-ring (bicyclic) bond motifs is 3. The Kier molecular flexibility index (Phi) is 6.72. The van der Waals surface area contributed by atoms with Gasteiger partial charge in [0.1, 0.15) is 11.4 Å². The maximum atomic E-state index is 11.9. The van der Waals surface area contributed by atoms with Crippen LogP contribution in [0.4, 0.5) is 5.82 Å². The number of benzene rings is 1. The molecule has 0 unspecified atom stereocenters. The van der Waals surface area contributed by atoms with Gasteiger partial charge < -0.3 is 14.8 Å². The summed E-state index contributed by atoms with van der Waals surface area (Å²) in [4.78, 5) is 28.3. The number of carbonyl (C=O) groups is 2. The number of hydrogen-bond donors (Lipinski definition) is 1. The van der Waals surface area contributed by atoms with E-state index in [2.05, 4.69) is 20.5 Å². The fourth-order valence-electron chi connectivity index (χ4n) is 3.31. The van der Waals surface area contributed by atoms with E-state index in [1.165, 1.54) is 7.11 Å². The number of hydrogen-bond acceptors (Lipinski definition) is 8. The molecule has 2 heterocycles. The standard InChI is InChI=1S/C22H29N5O4/c1-14-25-26-20-19(23-12-8-6-7-9-18(28)31-22(2,3)4)24-16-13-15(21(29)30-5)10-11-17(16)27(14)20/h10-11,13H,6-9,12H2,1-5H3,(H,23,24). The number of methoxy groups -OCH3 is 1. The highest BCUT2D eigenvalue weighted by molar-refractivity contribution is 5.94. The molecule has 2 aromatic heterocycles. The quantitative estimate of drug-likeness (QED) is 0.428. The van der Waals surface area contributed by atoms with E-state index in [-0.39, 0.29) is 5.97 Å². The third kappa shape index (κ3) is 5.48. The van der Waals surface area contributed by atoms with Crippen LogP contribution in [0.5, 0.6) is 0 Å². The van der Waals surface area contributed by atoms with E-state index in [9.17, 15) is 9.59 Å². The second-order valence-corrected chi connectivity index (χ2v) is 8.39. The van der Waals surface area contributed by atoms with Crippen molar-refractivity contribution in [3.63, 3.8) is 0 Å². The van der Waals surface area contributed by atoms with Crippen LogP contribution in [0, 0.1) is 6.92 Å². The van der Waals surface area contributed by atoms with Crippen LogP contribution >= 0.6 is 0 Å². The summed E-state index contributed by atoms with van der Waals surface area (Å²) in [5, 5.41) is 11.7. The first-order valence-electron chi connectivity index (χ1n) is 10.4. The van der Waals surface area contributed by atoms with Gasteiger partial charge in [-0.3, -0.25) is 9.20 Å². The van der Waals surface area contributed by atoms with Crippen molar-refractivity contribution in [3.05, 3.63) is 29.6 Å². The van der Waals surface area contributed by atoms with Crippen molar-refractivity contribution in [2.75, 3.05) is 19.0 Å². The van der Waals surface area contributed by atoms with E-state index in [4.69, 9.17) is 9.47 Å². The van der Waals surface area contributed by atoms with Crippen molar-refractivity contribution in [3.8, 4) is 0 Å². The molecular weight excluding hydrogens is 398 g/mol. The molecule has 1 aromatic carbocycles. The highest BCUT2D eigenvalue weighted by Crippen LogP contribution is 2.23. The molecule has 0 amide bonds. The third-order valence-electron chi connectivity index (χ3n) is 4.68. The van der Waals surface area contributed by atoms with Gasteiger partial charge in [-0.15, -0.1) is 10.2 Å². The fraction of sp³-hybridized carbons (Fsp3) is 0.500. The van der Waals surface area contributed by atoms with Crippen LogP contribution in [0.25, 0.3) is 16.7 Å². The molecular formula is C22H29N5O4. The minimum atomic E-state index is -0.449. The van der Waals surface area contributed by atoms with Gasteiger partial charge in [0.05, 0.1) is 23.7 Å². The van der Waals surface area contributed by atoms with E-state index in [0.717, 1.165) is 30.6 Å². The van der Waals surface area contributed by atoms with Gasteiger partial charge in [0.15, 0.2) is 5.82 Å². The van der Waals surface area contributed by atoms with E-state index in [1.54, 1.807) is 12.1 Å². The Hall–Kier alpha value is -3.23. The number of carbonyl (C=O) groups excluding carboxylic acids is 2. The molecule has 31 heavy (non-hydrogen) atoms. The number of nitrogens with one attached hydrogen (secondary N) is 1. The summed E-state index contributed by atoms with van der Waals surface area (Å²) < 4.78 is 12.0. The first-order chi connectivity index (χ1) is 14.7. The molecule has 3 aromatic rings. The van der Waals surface area contributed by atoms with Crippen LogP contribution in [0.3, 0.4) is 0 Å². The average molecular weight is 428 g/mol. The summed E-state index contributed by atoms with van der Waals surface area (Å²) in [6.45, 7) is 8.14. The van der Waals surface area contributed by atoms with Gasteiger partial charge in [0.25, 0.3) is 0 Å². The summed E-state index contributed by atoms with van der Waals surface area (Å²) in [6.07, 6.45) is 2.93. The molecule has 0 atom stereocenters. The van der Waals surface area contributed by atoms with Gasteiger partial charge >= 0.3 is 11.9 Å². The van der Waals surface area contributed by atoms with Crippen molar-refractivity contribution in [1.29, 1.82) is 0 Å². The van der Waals surface area contributed by atoms with Gasteiger partial charge in [-0.2, -0.15) is 0 Å². The van der Waals surface area contributed by atoms with Crippen molar-refractivity contribution in [1.82, 2.24) is 19.6 Å². The molecule has 9 nitrogen and oxygen atoms in total. The van der Waals surface area contributed by atoms with Gasteiger partial charge in [-0.1, -0.05) is 6.42 Å². The minimum absolute atomic E-state index is 0.168. The molecule has 0 radical (unpaired) electrons. The van der Waals surface area contributed by atoms with Crippen molar-refractivity contribution < 1.29 is 19.1 Å². The lowest BCUT2D eigenvalue weighted by molar-refractivity contribution is -0.154. The zero-order valence-corrected chi connectivity index (χ0v) is 18.7. The highest BCUT2D eigenvalue weighted by atomic mass is 16.6. The largest absolute Gasteiger partial charge is 0.465 e. The van der Waals surface area contributed by atoms with Gasteiger partial charge in [-0.25, -0.2) is 9.78 Å². The minimum Gasteiger partial charge on any atom is -0.465 e. The van der Waals surface area contributed by atoms with Crippen molar-refractivity contribution >= 4 is 34.4 Å². The highest BCUT2D eigenvalue weighted by Gasteiger charge is 2.16. The Morgan fingerprint density at radius 3 is 2.61 bits per heavy atom. The Labute approximate surface area is 181 Å². The number of anilines is 1. The van der Waals surface area contributed by atoms with Gasteiger partial charge in [-0.05, 0) is 58.7 Å². The summed E-state index contributed by atoms with van der Waals surface area (Å²) in [7, 11) is 1.35. The Morgan fingerprint density at radius 2 is 1.90 bits per heavy atom. The Morgan fingerprint density at radius 1 is 1.13 bits per heavy atom. The lowest BCUT2D eigenvalue weighted by Crippen LogP contribution is -2.23. The molecule has 0 aliphatic heterocycles.